The SMILES string of the molecule is CN=C(NCCSC)NCc1ccsc1.I. The van der Waals surface area contributed by atoms with E-state index in [4.69, 9.17) is 0 Å². The van der Waals surface area contributed by atoms with Crippen LogP contribution in [0.3, 0.4) is 0 Å². The van der Waals surface area contributed by atoms with Crippen LogP contribution in [0.25, 0.3) is 0 Å². The minimum atomic E-state index is 0. The van der Waals surface area contributed by atoms with Gasteiger partial charge in [-0.1, -0.05) is 0 Å². The second kappa shape index (κ2) is 10.2. The standard InChI is InChI=1S/C10H17N3S2.HI/c1-11-10(12-4-6-14-2)13-7-9-3-5-15-8-9;/h3,5,8H,4,6-7H2,1-2H3,(H2,11,12,13);1H. The van der Waals surface area contributed by atoms with Crippen molar-refractivity contribution in [1.82, 2.24) is 10.6 Å². The van der Waals surface area contributed by atoms with Crippen LogP contribution in [0, 0.1) is 0 Å². The van der Waals surface area contributed by atoms with Crippen molar-refractivity contribution in [2.24, 2.45) is 4.99 Å². The van der Waals surface area contributed by atoms with Gasteiger partial charge in [-0.05, 0) is 28.6 Å². The molecule has 0 saturated heterocycles. The van der Waals surface area contributed by atoms with Gasteiger partial charge >= 0.3 is 0 Å². The van der Waals surface area contributed by atoms with E-state index in [0.717, 1.165) is 24.8 Å². The molecule has 16 heavy (non-hydrogen) atoms. The number of nitrogens with zero attached hydrogens (tertiary/aromatic N) is 1. The molecule has 0 aliphatic heterocycles. The average molecular weight is 371 g/mol. The van der Waals surface area contributed by atoms with Gasteiger partial charge in [0, 0.05) is 25.9 Å². The van der Waals surface area contributed by atoms with Crippen molar-refractivity contribution in [3.05, 3.63) is 22.4 Å². The molecule has 0 radical (unpaired) electrons. The third-order valence-corrected chi connectivity index (χ3v) is 3.21. The number of aliphatic imine (C=N–C) groups is 1. The van der Waals surface area contributed by atoms with Gasteiger partial charge in [-0.3, -0.25) is 4.99 Å². The Morgan fingerprint density at radius 1 is 1.50 bits per heavy atom. The first kappa shape index (κ1) is 16.1. The third-order valence-electron chi connectivity index (χ3n) is 1.86. The molecule has 2 N–H and O–H groups in total. The average Bonchev–Trinajstić information content (AvgIpc) is 2.76. The maximum Gasteiger partial charge on any atom is 0.191 e. The van der Waals surface area contributed by atoms with Crippen molar-refractivity contribution in [3.63, 3.8) is 0 Å². The normalized spacial score (nSPS) is 10.8. The van der Waals surface area contributed by atoms with Crippen LogP contribution in [0.4, 0.5) is 0 Å². The molecule has 0 atom stereocenters. The van der Waals surface area contributed by atoms with E-state index < -0.39 is 0 Å². The van der Waals surface area contributed by atoms with Gasteiger partial charge in [0.25, 0.3) is 0 Å². The van der Waals surface area contributed by atoms with Crippen molar-refractivity contribution < 1.29 is 0 Å². The maximum atomic E-state index is 4.15. The molecule has 1 rings (SSSR count). The summed E-state index contributed by atoms with van der Waals surface area (Å²) in [5.74, 6) is 1.97. The molecule has 1 heterocycles. The number of hydrogen-bond donors (Lipinski definition) is 2. The van der Waals surface area contributed by atoms with Gasteiger partial charge < -0.3 is 10.6 Å². The Hall–Kier alpha value is 0.0500. The highest BCUT2D eigenvalue weighted by Crippen LogP contribution is 2.04. The van der Waals surface area contributed by atoms with Crippen molar-refractivity contribution in [1.29, 1.82) is 0 Å². The molecule has 1 aromatic rings. The highest BCUT2D eigenvalue weighted by atomic mass is 127. The van der Waals surface area contributed by atoms with Crippen molar-refractivity contribution in [3.8, 4) is 0 Å². The number of rotatable bonds is 5. The Bertz CT molecular complexity index is 288. The van der Waals surface area contributed by atoms with Gasteiger partial charge in [0.2, 0.25) is 0 Å². The Labute approximate surface area is 123 Å². The van der Waals surface area contributed by atoms with E-state index in [1.807, 2.05) is 11.8 Å². The zero-order chi connectivity index (χ0) is 10.9. The summed E-state index contributed by atoms with van der Waals surface area (Å²) in [4.78, 5) is 4.15. The Morgan fingerprint density at radius 3 is 2.88 bits per heavy atom. The first-order valence-corrected chi connectivity index (χ1v) is 7.15. The van der Waals surface area contributed by atoms with E-state index in [2.05, 4.69) is 38.7 Å². The van der Waals surface area contributed by atoms with E-state index in [1.165, 1.54) is 5.56 Å². The van der Waals surface area contributed by atoms with Crippen LogP contribution in [0.1, 0.15) is 5.56 Å². The molecule has 0 aromatic carbocycles. The molecular formula is C10H18IN3S2. The first-order valence-electron chi connectivity index (χ1n) is 4.81. The van der Waals surface area contributed by atoms with Crippen LogP contribution in [0.2, 0.25) is 0 Å². The molecular weight excluding hydrogens is 353 g/mol. The van der Waals surface area contributed by atoms with Crippen LogP contribution in [-0.2, 0) is 6.54 Å². The zero-order valence-corrected chi connectivity index (χ0v) is 13.5. The Balaban J connectivity index is 0.00000225. The van der Waals surface area contributed by atoms with Crippen LogP contribution >= 0.6 is 47.1 Å². The minimum absolute atomic E-state index is 0. The predicted molar refractivity (Wildman–Crippen MR) is 86.3 cm³/mol. The molecule has 3 nitrogen and oxygen atoms in total. The maximum absolute atomic E-state index is 4.15. The van der Waals surface area contributed by atoms with E-state index in [9.17, 15) is 0 Å². The second-order valence-electron chi connectivity index (χ2n) is 2.98. The van der Waals surface area contributed by atoms with E-state index in [0.29, 0.717) is 0 Å². The van der Waals surface area contributed by atoms with Crippen LogP contribution in [-0.4, -0.2) is 31.6 Å². The summed E-state index contributed by atoms with van der Waals surface area (Å²) < 4.78 is 0. The van der Waals surface area contributed by atoms with Crippen LogP contribution < -0.4 is 10.6 Å². The fourth-order valence-electron chi connectivity index (χ4n) is 1.07. The fourth-order valence-corrected chi connectivity index (χ4v) is 2.05. The fraction of sp³-hybridized carbons (Fsp3) is 0.500. The molecule has 0 bridgehead atoms. The van der Waals surface area contributed by atoms with Gasteiger partial charge in [0.05, 0.1) is 0 Å². The topological polar surface area (TPSA) is 36.4 Å². The molecule has 0 fully saturated rings. The summed E-state index contributed by atoms with van der Waals surface area (Å²) in [6, 6.07) is 2.12. The van der Waals surface area contributed by atoms with Gasteiger partial charge in [-0.15, -0.1) is 24.0 Å². The van der Waals surface area contributed by atoms with E-state index >= 15 is 0 Å². The number of thioether (sulfide) groups is 1. The third kappa shape index (κ3) is 6.59. The van der Waals surface area contributed by atoms with Gasteiger partial charge in [0.1, 0.15) is 0 Å². The summed E-state index contributed by atoms with van der Waals surface area (Å²) in [6.45, 7) is 1.78. The molecule has 0 amide bonds. The number of halogens is 1. The lowest BCUT2D eigenvalue weighted by Gasteiger charge is -2.10. The summed E-state index contributed by atoms with van der Waals surface area (Å²) in [7, 11) is 1.79. The molecule has 92 valence electrons. The molecule has 0 aliphatic carbocycles. The van der Waals surface area contributed by atoms with Crippen LogP contribution in [0.5, 0.6) is 0 Å². The van der Waals surface area contributed by atoms with Gasteiger partial charge in [0.15, 0.2) is 5.96 Å². The molecule has 1 aromatic heterocycles. The largest absolute Gasteiger partial charge is 0.356 e. The first-order chi connectivity index (χ1) is 7.36. The Morgan fingerprint density at radius 2 is 2.31 bits per heavy atom. The highest BCUT2D eigenvalue weighted by molar-refractivity contribution is 14.0. The predicted octanol–water partition coefficient (Wildman–Crippen LogP) is 2.39. The lowest BCUT2D eigenvalue weighted by Crippen LogP contribution is -2.37. The molecule has 0 aliphatic rings. The van der Waals surface area contributed by atoms with E-state index in [1.54, 1.807) is 18.4 Å². The van der Waals surface area contributed by atoms with Crippen LogP contribution in [0.15, 0.2) is 21.8 Å². The molecule has 0 spiro atoms. The van der Waals surface area contributed by atoms with Crippen molar-refractivity contribution >= 4 is 53.0 Å². The molecule has 6 heteroatoms. The smallest absolute Gasteiger partial charge is 0.191 e. The Kier molecular flexibility index (Phi) is 10.3. The quantitative estimate of drug-likeness (QED) is 0.361. The summed E-state index contributed by atoms with van der Waals surface area (Å²) in [5, 5.41) is 10.7. The zero-order valence-electron chi connectivity index (χ0n) is 9.53. The number of nitrogens with one attached hydrogen (secondary N) is 2. The van der Waals surface area contributed by atoms with Gasteiger partial charge in [-0.2, -0.15) is 23.1 Å². The lowest BCUT2D eigenvalue weighted by atomic mass is 10.3. The lowest BCUT2D eigenvalue weighted by molar-refractivity contribution is 0.835. The summed E-state index contributed by atoms with van der Waals surface area (Å²) >= 11 is 3.54. The highest BCUT2D eigenvalue weighted by Gasteiger charge is 1.97. The number of hydrogen-bond acceptors (Lipinski definition) is 3. The number of guanidine groups is 1. The minimum Gasteiger partial charge on any atom is -0.356 e. The molecule has 0 saturated carbocycles. The second-order valence-corrected chi connectivity index (χ2v) is 4.74. The monoisotopic (exact) mass is 371 g/mol. The van der Waals surface area contributed by atoms with E-state index in [-0.39, 0.29) is 24.0 Å². The van der Waals surface area contributed by atoms with Crippen molar-refractivity contribution in [2.75, 3.05) is 25.6 Å². The van der Waals surface area contributed by atoms with Gasteiger partial charge in [-0.25, -0.2) is 0 Å². The van der Waals surface area contributed by atoms with Crippen molar-refractivity contribution in [2.45, 2.75) is 6.54 Å². The summed E-state index contributed by atoms with van der Waals surface area (Å²) in [5.41, 5.74) is 1.30. The molecule has 0 unspecified atom stereocenters. The summed E-state index contributed by atoms with van der Waals surface area (Å²) in [6.07, 6.45) is 2.10. The number of thiophene rings is 1.